The van der Waals surface area contributed by atoms with Crippen LogP contribution in [0.3, 0.4) is 0 Å². The molecule has 1 aromatic heterocycles. The molecule has 148 valence electrons. The number of rotatable bonds is 8. The molecular weight excluding hydrogens is 390 g/mol. The van der Waals surface area contributed by atoms with Crippen molar-refractivity contribution in [3.05, 3.63) is 46.6 Å². The number of oxazole rings is 1. The third-order valence-electron chi connectivity index (χ3n) is 3.61. The molecule has 0 amide bonds. The SMILES string of the molecule is CCNC(=NCc1nc(C)c(C)o1)NCCNS(=O)(=O)c1cccc(Cl)c1. The topological polar surface area (TPSA) is 109 Å². The Morgan fingerprint density at radius 2 is 2.04 bits per heavy atom. The predicted octanol–water partition coefficient (Wildman–Crippen LogP) is 1.98. The molecule has 0 aliphatic heterocycles. The minimum Gasteiger partial charge on any atom is -0.444 e. The Balaban J connectivity index is 1.87. The molecule has 2 aromatic rings. The number of aryl methyl sites for hydroxylation is 2. The fourth-order valence-corrected chi connectivity index (χ4v) is 3.51. The van der Waals surface area contributed by atoms with Gasteiger partial charge in [-0.05, 0) is 39.0 Å². The number of guanidine groups is 1. The van der Waals surface area contributed by atoms with Crippen molar-refractivity contribution < 1.29 is 12.8 Å². The Bertz CT molecular complexity index is 876. The Labute approximate surface area is 164 Å². The van der Waals surface area contributed by atoms with Gasteiger partial charge in [0.05, 0.1) is 10.6 Å². The minimum absolute atomic E-state index is 0.130. The Kier molecular flexibility index (Phi) is 7.64. The van der Waals surface area contributed by atoms with Crippen molar-refractivity contribution in [2.24, 2.45) is 4.99 Å². The van der Waals surface area contributed by atoms with Crippen molar-refractivity contribution in [3.8, 4) is 0 Å². The first-order valence-corrected chi connectivity index (χ1v) is 10.4. The van der Waals surface area contributed by atoms with Gasteiger partial charge in [0.2, 0.25) is 15.9 Å². The zero-order valence-corrected chi connectivity index (χ0v) is 17.1. The zero-order valence-electron chi connectivity index (χ0n) is 15.5. The highest BCUT2D eigenvalue weighted by molar-refractivity contribution is 7.89. The number of nitrogens with zero attached hydrogens (tertiary/aromatic N) is 2. The zero-order chi connectivity index (χ0) is 19.9. The first-order valence-electron chi connectivity index (χ1n) is 8.52. The van der Waals surface area contributed by atoms with Gasteiger partial charge in [-0.2, -0.15) is 0 Å². The van der Waals surface area contributed by atoms with Crippen molar-refractivity contribution in [1.29, 1.82) is 0 Å². The lowest BCUT2D eigenvalue weighted by molar-refractivity contribution is 0.473. The van der Waals surface area contributed by atoms with E-state index in [2.05, 4.69) is 25.3 Å². The Morgan fingerprint density at radius 1 is 1.26 bits per heavy atom. The number of halogens is 1. The van der Waals surface area contributed by atoms with Gasteiger partial charge in [-0.25, -0.2) is 23.1 Å². The molecule has 0 aliphatic rings. The second-order valence-corrected chi connectivity index (χ2v) is 7.93. The number of hydrogen-bond donors (Lipinski definition) is 3. The monoisotopic (exact) mass is 413 g/mol. The van der Waals surface area contributed by atoms with Gasteiger partial charge in [-0.15, -0.1) is 0 Å². The van der Waals surface area contributed by atoms with Crippen LogP contribution in [-0.2, 0) is 16.6 Å². The third-order valence-corrected chi connectivity index (χ3v) is 5.30. The van der Waals surface area contributed by atoms with Gasteiger partial charge in [-0.3, -0.25) is 0 Å². The van der Waals surface area contributed by atoms with E-state index >= 15 is 0 Å². The molecule has 27 heavy (non-hydrogen) atoms. The molecule has 8 nitrogen and oxygen atoms in total. The highest BCUT2D eigenvalue weighted by Gasteiger charge is 2.13. The summed E-state index contributed by atoms with van der Waals surface area (Å²) < 4.78 is 32.5. The minimum atomic E-state index is -3.61. The second-order valence-electron chi connectivity index (χ2n) is 5.73. The van der Waals surface area contributed by atoms with Crippen molar-refractivity contribution in [2.45, 2.75) is 32.2 Å². The standard InChI is InChI=1S/C17H24ClN5O3S/c1-4-19-17(21-11-16-23-12(2)13(3)26-16)20-8-9-22-27(24,25)15-7-5-6-14(18)10-15/h5-7,10,22H,4,8-9,11H2,1-3H3,(H2,19,20,21). The summed E-state index contributed by atoms with van der Waals surface area (Å²) in [5, 5.41) is 6.52. The number of hydrogen-bond acceptors (Lipinski definition) is 5. The number of nitrogens with one attached hydrogen (secondary N) is 3. The molecule has 0 atom stereocenters. The fraction of sp³-hybridized carbons (Fsp3) is 0.412. The Morgan fingerprint density at radius 3 is 2.67 bits per heavy atom. The molecule has 3 N–H and O–H groups in total. The predicted molar refractivity (Wildman–Crippen MR) is 105 cm³/mol. The molecular formula is C17H24ClN5O3S. The molecule has 0 saturated carbocycles. The van der Waals surface area contributed by atoms with Crippen LogP contribution >= 0.6 is 11.6 Å². The molecule has 1 aromatic carbocycles. The highest BCUT2D eigenvalue weighted by Crippen LogP contribution is 2.14. The lowest BCUT2D eigenvalue weighted by atomic mass is 10.4. The van der Waals surface area contributed by atoms with Crippen LogP contribution < -0.4 is 15.4 Å². The first kappa shape index (κ1) is 21.2. The van der Waals surface area contributed by atoms with Crippen molar-refractivity contribution in [3.63, 3.8) is 0 Å². The van der Waals surface area contributed by atoms with Gasteiger partial charge in [-0.1, -0.05) is 17.7 Å². The number of aliphatic imine (C=N–C) groups is 1. The summed E-state index contributed by atoms with van der Waals surface area (Å²) in [6.07, 6.45) is 0. The smallest absolute Gasteiger partial charge is 0.240 e. The summed E-state index contributed by atoms with van der Waals surface area (Å²) in [5.41, 5.74) is 0.841. The Hall–Kier alpha value is -2.10. The molecule has 0 bridgehead atoms. The van der Waals surface area contributed by atoms with E-state index in [9.17, 15) is 8.42 Å². The van der Waals surface area contributed by atoms with Crippen molar-refractivity contribution in [1.82, 2.24) is 20.3 Å². The summed E-state index contributed by atoms with van der Waals surface area (Å²) in [6.45, 7) is 7.18. The summed E-state index contributed by atoms with van der Waals surface area (Å²) in [6, 6.07) is 6.12. The molecule has 10 heteroatoms. The highest BCUT2D eigenvalue weighted by atomic mass is 35.5. The first-order chi connectivity index (χ1) is 12.8. The molecule has 0 saturated heterocycles. The number of benzene rings is 1. The van der Waals surface area contributed by atoms with Crippen LogP contribution in [-0.4, -0.2) is 39.0 Å². The largest absolute Gasteiger partial charge is 0.444 e. The molecule has 0 aliphatic carbocycles. The molecule has 0 radical (unpaired) electrons. The van der Waals surface area contributed by atoms with E-state index in [4.69, 9.17) is 16.0 Å². The number of aromatic nitrogens is 1. The van der Waals surface area contributed by atoms with Gasteiger partial charge in [0, 0.05) is 24.7 Å². The van der Waals surface area contributed by atoms with E-state index < -0.39 is 10.0 Å². The van der Waals surface area contributed by atoms with Crippen molar-refractivity contribution in [2.75, 3.05) is 19.6 Å². The van der Waals surface area contributed by atoms with Gasteiger partial charge < -0.3 is 15.1 Å². The van der Waals surface area contributed by atoms with E-state index in [1.54, 1.807) is 12.1 Å². The van der Waals surface area contributed by atoms with Crippen LogP contribution in [0.1, 0.15) is 24.3 Å². The molecule has 0 spiro atoms. The maximum absolute atomic E-state index is 12.2. The summed E-state index contributed by atoms with van der Waals surface area (Å²) in [4.78, 5) is 8.80. The van der Waals surface area contributed by atoms with E-state index in [-0.39, 0.29) is 18.0 Å². The van der Waals surface area contributed by atoms with Gasteiger partial charge in [0.25, 0.3) is 0 Å². The maximum atomic E-state index is 12.2. The fourth-order valence-electron chi connectivity index (χ4n) is 2.18. The summed E-state index contributed by atoms with van der Waals surface area (Å²) in [7, 11) is -3.61. The third kappa shape index (κ3) is 6.53. The van der Waals surface area contributed by atoms with E-state index in [1.807, 2.05) is 20.8 Å². The molecule has 1 heterocycles. The van der Waals surface area contributed by atoms with Crippen LogP contribution in [0.5, 0.6) is 0 Å². The average molecular weight is 414 g/mol. The van der Waals surface area contributed by atoms with Crippen LogP contribution in [0.2, 0.25) is 5.02 Å². The normalized spacial score (nSPS) is 12.2. The van der Waals surface area contributed by atoms with Gasteiger partial charge >= 0.3 is 0 Å². The summed E-state index contributed by atoms with van der Waals surface area (Å²) in [5.74, 6) is 1.85. The molecule has 2 rings (SSSR count). The molecule has 0 unspecified atom stereocenters. The van der Waals surface area contributed by atoms with Gasteiger partial charge in [0.1, 0.15) is 12.3 Å². The summed E-state index contributed by atoms with van der Waals surface area (Å²) >= 11 is 5.84. The van der Waals surface area contributed by atoms with E-state index in [0.717, 1.165) is 11.5 Å². The maximum Gasteiger partial charge on any atom is 0.240 e. The van der Waals surface area contributed by atoms with Crippen molar-refractivity contribution >= 4 is 27.6 Å². The van der Waals surface area contributed by atoms with Crippen LogP contribution in [0, 0.1) is 13.8 Å². The lowest BCUT2D eigenvalue weighted by Crippen LogP contribution is -2.41. The lowest BCUT2D eigenvalue weighted by Gasteiger charge is -2.12. The average Bonchev–Trinajstić information content (AvgIpc) is 2.94. The van der Waals surface area contributed by atoms with E-state index in [1.165, 1.54) is 12.1 Å². The van der Waals surface area contributed by atoms with Crippen LogP contribution in [0.25, 0.3) is 0 Å². The second kappa shape index (κ2) is 9.72. The number of sulfonamides is 1. The van der Waals surface area contributed by atoms with Crippen LogP contribution in [0.15, 0.2) is 38.6 Å². The molecule has 0 fully saturated rings. The quantitative estimate of drug-likeness (QED) is 0.347. The van der Waals surface area contributed by atoms with Crippen LogP contribution in [0.4, 0.5) is 0 Å². The van der Waals surface area contributed by atoms with Gasteiger partial charge in [0.15, 0.2) is 5.96 Å². The van der Waals surface area contributed by atoms with E-state index in [0.29, 0.717) is 30.0 Å².